The van der Waals surface area contributed by atoms with Crippen LogP contribution >= 0.6 is 27.7 Å². The fourth-order valence-corrected chi connectivity index (χ4v) is 4.40. The molecule has 3 rings (SSSR count). The Hall–Kier alpha value is -2.31. The summed E-state index contributed by atoms with van der Waals surface area (Å²) >= 11 is 5.09. The summed E-state index contributed by atoms with van der Waals surface area (Å²) in [5.41, 5.74) is 8.11. The summed E-state index contributed by atoms with van der Waals surface area (Å²) in [4.78, 5) is 12.0. The number of aromatic nitrogens is 1. The lowest BCUT2D eigenvalue weighted by atomic mass is 10.2. The Morgan fingerprint density at radius 1 is 1.14 bits per heavy atom. The zero-order valence-electron chi connectivity index (χ0n) is 15.9. The molecule has 1 amide bonds. The molecule has 0 fully saturated rings. The van der Waals surface area contributed by atoms with E-state index in [1.165, 1.54) is 5.56 Å². The molecule has 4 nitrogen and oxygen atoms in total. The molecule has 0 aliphatic rings. The highest BCUT2D eigenvalue weighted by molar-refractivity contribution is 9.10. The SMILES string of the molecule is Cc1cc(/C=N\NC(=O)CSCc2ccccc2Br)c(C)n1-c1ccccc1. The van der Waals surface area contributed by atoms with E-state index in [1.807, 2.05) is 36.4 Å². The van der Waals surface area contributed by atoms with Crippen LogP contribution in [-0.2, 0) is 10.5 Å². The van der Waals surface area contributed by atoms with E-state index in [-0.39, 0.29) is 5.91 Å². The van der Waals surface area contributed by atoms with Gasteiger partial charge in [-0.2, -0.15) is 5.10 Å². The number of rotatable bonds is 7. The first kappa shape index (κ1) is 20.4. The molecular weight excluding hydrogens is 434 g/mol. The molecule has 6 heteroatoms. The molecule has 1 aromatic heterocycles. The molecule has 0 unspecified atom stereocenters. The number of nitrogens with one attached hydrogen (secondary N) is 1. The van der Waals surface area contributed by atoms with Crippen LogP contribution in [0.5, 0.6) is 0 Å². The highest BCUT2D eigenvalue weighted by atomic mass is 79.9. The second-order valence-electron chi connectivity index (χ2n) is 6.37. The first-order chi connectivity index (χ1) is 13.6. The smallest absolute Gasteiger partial charge is 0.250 e. The number of nitrogens with zero attached hydrogens (tertiary/aromatic N) is 2. The molecule has 3 aromatic rings. The van der Waals surface area contributed by atoms with E-state index < -0.39 is 0 Å². The lowest BCUT2D eigenvalue weighted by Crippen LogP contribution is -2.19. The lowest BCUT2D eigenvalue weighted by Gasteiger charge is -2.08. The minimum Gasteiger partial charge on any atom is -0.318 e. The van der Waals surface area contributed by atoms with Gasteiger partial charge in [-0.05, 0) is 43.7 Å². The maximum Gasteiger partial charge on any atom is 0.250 e. The summed E-state index contributed by atoms with van der Waals surface area (Å²) in [6, 6.07) is 20.3. The van der Waals surface area contributed by atoms with Crippen molar-refractivity contribution in [3.05, 3.63) is 87.7 Å². The molecule has 0 bridgehead atoms. The maximum atomic E-state index is 12.0. The van der Waals surface area contributed by atoms with Crippen molar-refractivity contribution >= 4 is 39.8 Å². The van der Waals surface area contributed by atoms with Gasteiger partial charge in [-0.25, -0.2) is 5.43 Å². The second-order valence-corrected chi connectivity index (χ2v) is 8.21. The van der Waals surface area contributed by atoms with Crippen LogP contribution in [0.4, 0.5) is 0 Å². The number of hydrogen-bond donors (Lipinski definition) is 1. The van der Waals surface area contributed by atoms with Crippen LogP contribution in [0.15, 0.2) is 70.2 Å². The highest BCUT2D eigenvalue weighted by Gasteiger charge is 2.09. The molecule has 0 radical (unpaired) electrons. The van der Waals surface area contributed by atoms with Crippen LogP contribution < -0.4 is 5.43 Å². The van der Waals surface area contributed by atoms with Crippen LogP contribution in [0.25, 0.3) is 5.69 Å². The Labute approximate surface area is 178 Å². The first-order valence-corrected chi connectivity index (χ1v) is 10.9. The molecule has 144 valence electrons. The Morgan fingerprint density at radius 3 is 2.61 bits per heavy atom. The van der Waals surface area contributed by atoms with Crippen molar-refractivity contribution in [2.24, 2.45) is 5.10 Å². The Bertz CT molecular complexity index is 983. The number of amides is 1. The summed E-state index contributed by atoms with van der Waals surface area (Å²) in [6.07, 6.45) is 1.71. The molecule has 28 heavy (non-hydrogen) atoms. The van der Waals surface area contributed by atoms with E-state index >= 15 is 0 Å². The lowest BCUT2D eigenvalue weighted by molar-refractivity contribution is -0.118. The van der Waals surface area contributed by atoms with Gasteiger partial charge in [0.25, 0.3) is 0 Å². The van der Waals surface area contributed by atoms with Gasteiger partial charge in [-0.3, -0.25) is 4.79 Å². The molecule has 0 aliphatic heterocycles. The second kappa shape index (κ2) is 9.75. The standard InChI is InChI=1S/C22H22BrN3OS/c1-16-12-19(17(2)26(16)20-9-4-3-5-10-20)13-24-25-22(27)15-28-14-18-8-6-7-11-21(18)23/h3-13H,14-15H2,1-2H3,(H,25,27)/b24-13-. The monoisotopic (exact) mass is 455 g/mol. The molecule has 0 spiro atoms. The fourth-order valence-electron chi connectivity index (χ4n) is 2.97. The van der Waals surface area contributed by atoms with Crippen molar-refractivity contribution in [1.82, 2.24) is 9.99 Å². The third kappa shape index (κ3) is 5.14. The Balaban J connectivity index is 1.55. The average Bonchev–Trinajstić information content (AvgIpc) is 2.97. The van der Waals surface area contributed by atoms with Crippen molar-refractivity contribution in [2.45, 2.75) is 19.6 Å². The number of carbonyl (C=O) groups excluding carboxylic acids is 1. The fraction of sp³-hybridized carbons (Fsp3) is 0.182. The van der Waals surface area contributed by atoms with Crippen LogP contribution in [0.2, 0.25) is 0 Å². The third-order valence-corrected chi connectivity index (χ3v) is 6.08. The minimum atomic E-state index is -0.106. The molecule has 2 aromatic carbocycles. The summed E-state index contributed by atoms with van der Waals surface area (Å²) in [7, 11) is 0. The molecule has 1 N–H and O–H groups in total. The number of aryl methyl sites for hydroxylation is 1. The normalized spacial score (nSPS) is 11.1. The van der Waals surface area contributed by atoms with E-state index in [9.17, 15) is 4.79 Å². The van der Waals surface area contributed by atoms with E-state index in [0.717, 1.165) is 32.9 Å². The molecule has 0 saturated heterocycles. The quantitative estimate of drug-likeness (QED) is 0.391. The van der Waals surface area contributed by atoms with Gasteiger partial charge < -0.3 is 4.57 Å². The number of carbonyl (C=O) groups is 1. The number of hydrogen-bond acceptors (Lipinski definition) is 3. The van der Waals surface area contributed by atoms with Crippen molar-refractivity contribution in [3.63, 3.8) is 0 Å². The first-order valence-electron chi connectivity index (χ1n) is 8.93. The third-order valence-electron chi connectivity index (χ3n) is 4.33. The van der Waals surface area contributed by atoms with Crippen molar-refractivity contribution < 1.29 is 4.79 Å². The van der Waals surface area contributed by atoms with E-state index in [1.54, 1.807) is 18.0 Å². The predicted molar refractivity (Wildman–Crippen MR) is 121 cm³/mol. The summed E-state index contributed by atoms with van der Waals surface area (Å²) in [6.45, 7) is 4.12. The van der Waals surface area contributed by atoms with E-state index in [4.69, 9.17) is 0 Å². The van der Waals surface area contributed by atoms with Crippen LogP contribution in [-0.4, -0.2) is 22.4 Å². The van der Waals surface area contributed by atoms with Crippen LogP contribution in [0.3, 0.4) is 0 Å². The van der Waals surface area contributed by atoms with Gasteiger partial charge >= 0.3 is 0 Å². The topological polar surface area (TPSA) is 46.4 Å². The van der Waals surface area contributed by atoms with Gasteiger partial charge in [0, 0.05) is 32.9 Å². The number of hydrazone groups is 1. The number of benzene rings is 2. The minimum absolute atomic E-state index is 0.106. The predicted octanol–water partition coefficient (Wildman–Crippen LogP) is 5.24. The van der Waals surface area contributed by atoms with Crippen molar-refractivity contribution in [3.8, 4) is 5.69 Å². The summed E-state index contributed by atoms with van der Waals surface area (Å²) in [5.74, 6) is 1.03. The van der Waals surface area contributed by atoms with Gasteiger partial charge in [-0.15, -0.1) is 11.8 Å². The number of halogens is 1. The Kier molecular flexibility index (Phi) is 7.12. The van der Waals surface area contributed by atoms with E-state index in [0.29, 0.717) is 5.75 Å². The van der Waals surface area contributed by atoms with E-state index in [2.05, 4.69) is 69.1 Å². The average molecular weight is 456 g/mol. The van der Waals surface area contributed by atoms with Crippen molar-refractivity contribution in [1.29, 1.82) is 0 Å². The zero-order chi connectivity index (χ0) is 19.9. The Morgan fingerprint density at radius 2 is 1.86 bits per heavy atom. The molecule has 0 atom stereocenters. The van der Waals surface area contributed by atoms with Crippen LogP contribution in [0, 0.1) is 13.8 Å². The highest BCUT2D eigenvalue weighted by Crippen LogP contribution is 2.21. The maximum absolute atomic E-state index is 12.0. The molecule has 1 heterocycles. The van der Waals surface area contributed by atoms with Gasteiger partial charge in [0.15, 0.2) is 0 Å². The van der Waals surface area contributed by atoms with Crippen molar-refractivity contribution in [2.75, 3.05) is 5.75 Å². The van der Waals surface area contributed by atoms with Gasteiger partial charge in [0.05, 0.1) is 12.0 Å². The van der Waals surface area contributed by atoms with Gasteiger partial charge in [0.1, 0.15) is 0 Å². The van der Waals surface area contributed by atoms with Crippen LogP contribution in [0.1, 0.15) is 22.5 Å². The summed E-state index contributed by atoms with van der Waals surface area (Å²) in [5, 5.41) is 4.13. The van der Waals surface area contributed by atoms with Gasteiger partial charge in [-0.1, -0.05) is 52.3 Å². The zero-order valence-corrected chi connectivity index (χ0v) is 18.3. The summed E-state index contributed by atoms with van der Waals surface area (Å²) < 4.78 is 3.24. The molecular formula is C22H22BrN3OS. The number of para-hydroxylation sites is 1. The number of thioether (sulfide) groups is 1. The largest absolute Gasteiger partial charge is 0.318 e. The molecule has 0 aliphatic carbocycles. The molecule has 0 saturated carbocycles. The van der Waals surface area contributed by atoms with Gasteiger partial charge in [0.2, 0.25) is 5.91 Å².